The van der Waals surface area contributed by atoms with Gasteiger partial charge in [0.25, 0.3) is 0 Å². The molecule has 1 unspecified atom stereocenters. The summed E-state index contributed by atoms with van der Waals surface area (Å²) in [5, 5.41) is 12.5. The van der Waals surface area contributed by atoms with Crippen molar-refractivity contribution in [3.63, 3.8) is 0 Å². The van der Waals surface area contributed by atoms with E-state index in [2.05, 4.69) is 20.2 Å². The topological polar surface area (TPSA) is 78.4 Å². The Bertz CT molecular complexity index is 634. The summed E-state index contributed by atoms with van der Waals surface area (Å²) >= 11 is 0. The van der Waals surface area contributed by atoms with E-state index in [4.69, 9.17) is 5.11 Å². The molecule has 6 heteroatoms. The molecule has 2 N–H and O–H groups in total. The van der Waals surface area contributed by atoms with Gasteiger partial charge >= 0.3 is 5.97 Å². The zero-order valence-electron chi connectivity index (χ0n) is 14.6. The number of carboxylic acid groups (broad SMARTS) is 1. The summed E-state index contributed by atoms with van der Waals surface area (Å²) in [4.78, 5) is 22.4. The molecule has 1 aliphatic heterocycles. The van der Waals surface area contributed by atoms with Gasteiger partial charge in [-0.05, 0) is 31.9 Å². The second-order valence-corrected chi connectivity index (χ2v) is 6.07. The maximum absolute atomic E-state index is 11.1. The number of hydrogen-bond acceptors (Lipinski definition) is 5. The Morgan fingerprint density at radius 1 is 1.42 bits per heavy atom. The van der Waals surface area contributed by atoms with E-state index < -0.39 is 11.9 Å². The van der Waals surface area contributed by atoms with E-state index >= 15 is 0 Å². The SMILES string of the molecule is CCC(/C=C(C)/C=C(\C)c1ccnc(N2CCNCC2)n1)C(=O)O. The number of nitrogens with one attached hydrogen (secondary N) is 1. The molecule has 24 heavy (non-hydrogen) atoms. The molecule has 0 aliphatic carbocycles. The highest BCUT2D eigenvalue weighted by molar-refractivity contribution is 5.73. The molecule has 0 spiro atoms. The summed E-state index contributed by atoms with van der Waals surface area (Å²) in [6, 6.07) is 1.89. The Morgan fingerprint density at radius 2 is 2.12 bits per heavy atom. The fourth-order valence-electron chi connectivity index (χ4n) is 2.73. The average molecular weight is 330 g/mol. The highest BCUT2D eigenvalue weighted by atomic mass is 16.4. The summed E-state index contributed by atoms with van der Waals surface area (Å²) in [5.41, 5.74) is 2.81. The average Bonchev–Trinajstić information content (AvgIpc) is 2.60. The molecule has 1 aromatic rings. The molecular formula is C18H26N4O2. The summed E-state index contributed by atoms with van der Waals surface area (Å²) in [5.74, 6) is -0.484. The van der Waals surface area contributed by atoms with Crippen LogP contribution in [0.5, 0.6) is 0 Å². The van der Waals surface area contributed by atoms with Crippen LogP contribution in [0.25, 0.3) is 5.57 Å². The number of nitrogens with zero attached hydrogens (tertiary/aromatic N) is 3. The van der Waals surface area contributed by atoms with Crippen molar-refractivity contribution < 1.29 is 9.90 Å². The standard InChI is InChI=1S/C18H26N4O2/c1-4-15(17(23)24)12-13(2)11-14(3)16-5-6-20-18(21-16)22-9-7-19-8-10-22/h5-6,11-12,15,19H,4,7-10H2,1-3H3,(H,23,24)/b13-12+,14-11+. The predicted molar refractivity (Wildman–Crippen MR) is 95.9 cm³/mol. The molecular weight excluding hydrogens is 304 g/mol. The van der Waals surface area contributed by atoms with Gasteiger partial charge in [0.1, 0.15) is 0 Å². The van der Waals surface area contributed by atoms with Crippen molar-refractivity contribution >= 4 is 17.5 Å². The minimum Gasteiger partial charge on any atom is -0.481 e. The van der Waals surface area contributed by atoms with Crippen LogP contribution in [0.2, 0.25) is 0 Å². The fraction of sp³-hybridized carbons (Fsp3) is 0.500. The van der Waals surface area contributed by atoms with Gasteiger partial charge < -0.3 is 15.3 Å². The van der Waals surface area contributed by atoms with E-state index in [1.807, 2.05) is 32.9 Å². The molecule has 1 atom stereocenters. The zero-order valence-corrected chi connectivity index (χ0v) is 14.6. The highest BCUT2D eigenvalue weighted by Crippen LogP contribution is 2.18. The Labute approximate surface area is 143 Å². The summed E-state index contributed by atoms with van der Waals surface area (Å²) in [6.07, 6.45) is 6.14. The molecule has 0 bridgehead atoms. The number of aliphatic carboxylic acids is 1. The van der Waals surface area contributed by atoms with Crippen LogP contribution >= 0.6 is 0 Å². The van der Waals surface area contributed by atoms with Crippen LogP contribution in [0.4, 0.5) is 5.95 Å². The van der Waals surface area contributed by atoms with Gasteiger partial charge in [0.05, 0.1) is 11.6 Å². The van der Waals surface area contributed by atoms with Crippen molar-refractivity contribution in [1.82, 2.24) is 15.3 Å². The van der Waals surface area contributed by atoms with Crippen molar-refractivity contribution in [2.45, 2.75) is 27.2 Å². The first-order valence-electron chi connectivity index (χ1n) is 8.40. The van der Waals surface area contributed by atoms with Gasteiger partial charge in [0, 0.05) is 32.4 Å². The Hall–Kier alpha value is -2.21. The van der Waals surface area contributed by atoms with Gasteiger partial charge in [-0.3, -0.25) is 4.79 Å². The molecule has 2 rings (SSSR count). The Kier molecular flexibility index (Phi) is 6.49. The third-order valence-electron chi connectivity index (χ3n) is 4.11. The van der Waals surface area contributed by atoms with Crippen LogP contribution in [-0.2, 0) is 4.79 Å². The molecule has 6 nitrogen and oxygen atoms in total. The summed E-state index contributed by atoms with van der Waals surface area (Å²) < 4.78 is 0. The number of carbonyl (C=O) groups is 1. The molecule has 2 heterocycles. The third-order valence-corrected chi connectivity index (χ3v) is 4.11. The van der Waals surface area contributed by atoms with Crippen LogP contribution in [-0.4, -0.2) is 47.2 Å². The second kappa shape index (κ2) is 8.59. The van der Waals surface area contributed by atoms with E-state index in [0.29, 0.717) is 6.42 Å². The first-order valence-corrected chi connectivity index (χ1v) is 8.40. The second-order valence-electron chi connectivity index (χ2n) is 6.07. The molecule has 1 fully saturated rings. The third kappa shape index (κ3) is 4.89. The first kappa shape index (κ1) is 18.1. The monoisotopic (exact) mass is 330 g/mol. The smallest absolute Gasteiger partial charge is 0.310 e. The normalized spacial score (nSPS) is 17.7. The molecule has 130 valence electrons. The van der Waals surface area contributed by atoms with Gasteiger partial charge in [-0.1, -0.05) is 24.6 Å². The van der Waals surface area contributed by atoms with Gasteiger partial charge in [-0.25, -0.2) is 9.97 Å². The molecule has 0 saturated carbocycles. The van der Waals surface area contributed by atoms with Crippen molar-refractivity contribution in [1.29, 1.82) is 0 Å². The number of anilines is 1. The van der Waals surface area contributed by atoms with Gasteiger partial charge in [0.2, 0.25) is 5.95 Å². The molecule has 1 saturated heterocycles. The molecule has 1 aromatic heterocycles. The lowest BCUT2D eigenvalue weighted by atomic mass is 10.0. The Balaban J connectivity index is 2.17. The number of hydrogen-bond donors (Lipinski definition) is 2. The fourth-order valence-corrected chi connectivity index (χ4v) is 2.73. The molecule has 0 radical (unpaired) electrons. The van der Waals surface area contributed by atoms with E-state index in [0.717, 1.165) is 49.0 Å². The largest absolute Gasteiger partial charge is 0.481 e. The maximum atomic E-state index is 11.1. The van der Waals surface area contributed by atoms with E-state index in [9.17, 15) is 4.79 Å². The van der Waals surface area contributed by atoms with Crippen LogP contribution in [0.1, 0.15) is 32.9 Å². The lowest BCUT2D eigenvalue weighted by molar-refractivity contribution is -0.140. The summed E-state index contributed by atoms with van der Waals surface area (Å²) in [6.45, 7) is 9.49. The number of rotatable bonds is 6. The van der Waals surface area contributed by atoms with Crippen molar-refractivity contribution in [2.75, 3.05) is 31.1 Å². The van der Waals surface area contributed by atoms with Crippen LogP contribution in [0.15, 0.2) is 30.0 Å². The van der Waals surface area contributed by atoms with Crippen LogP contribution < -0.4 is 10.2 Å². The van der Waals surface area contributed by atoms with E-state index in [1.165, 1.54) is 0 Å². The zero-order chi connectivity index (χ0) is 17.5. The van der Waals surface area contributed by atoms with Crippen molar-refractivity contribution in [3.8, 4) is 0 Å². The molecule has 0 amide bonds. The van der Waals surface area contributed by atoms with Crippen molar-refractivity contribution in [3.05, 3.63) is 35.7 Å². The van der Waals surface area contributed by atoms with Gasteiger partial charge in [0.15, 0.2) is 0 Å². The lowest BCUT2D eigenvalue weighted by Gasteiger charge is -2.27. The Morgan fingerprint density at radius 3 is 2.75 bits per heavy atom. The summed E-state index contributed by atoms with van der Waals surface area (Å²) in [7, 11) is 0. The minimum atomic E-state index is -0.786. The lowest BCUT2D eigenvalue weighted by Crippen LogP contribution is -2.44. The quantitative estimate of drug-likeness (QED) is 0.780. The predicted octanol–water partition coefficient (Wildman–Crippen LogP) is 2.35. The minimum absolute atomic E-state index is 0.448. The highest BCUT2D eigenvalue weighted by Gasteiger charge is 2.14. The van der Waals surface area contributed by atoms with Gasteiger partial charge in [-0.15, -0.1) is 0 Å². The van der Waals surface area contributed by atoms with Crippen LogP contribution in [0, 0.1) is 5.92 Å². The maximum Gasteiger partial charge on any atom is 0.310 e. The van der Waals surface area contributed by atoms with E-state index in [1.54, 1.807) is 12.3 Å². The molecule has 0 aromatic carbocycles. The van der Waals surface area contributed by atoms with Crippen molar-refractivity contribution in [2.24, 2.45) is 5.92 Å². The van der Waals surface area contributed by atoms with E-state index in [-0.39, 0.29) is 0 Å². The van der Waals surface area contributed by atoms with Crippen LogP contribution in [0.3, 0.4) is 0 Å². The number of aromatic nitrogens is 2. The molecule has 1 aliphatic rings. The first-order chi connectivity index (χ1) is 11.5. The number of allylic oxidation sites excluding steroid dienone is 3. The number of piperazine rings is 1. The van der Waals surface area contributed by atoms with Gasteiger partial charge in [-0.2, -0.15) is 0 Å². The number of carboxylic acids is 1.